The van der Waals surface area contributed by atoms with Gasteiger partial charge >= 0.3 is 0 Å². The molecule has 1 aliphatic rings. The van der Waals surface area contributed by atoms with Crippen LogP contribution >= 0.6 is 11.3 Å². The van der Waals surface area contributed by atoms with Gasteiger partial charge in [-0.15, -0.1) is 11.3 Å². The first-order valence-corrected chi connectivity index (χ1v) is 9.01. The third-order valence-corrected chi connectivity index (χ3v) is 5.74. The Morgan fingerprint density at radius 2 is 2.04 bits per heavy atom. The second-order valence-corrected chi connectivity index (χ2v) is 7.42. The number of nitrogens with one attached hydrogen (secondary N) is 1. The number of carbonyl (C=O) groups is 2. The van der Waals surface area contributed by atoms with Crippen LogP contribution < -0.4 is 15.0 Å². The molecule has 134 valence electrons. The lowest BCUT2D eigenvalue weighted by atomic mass is 10.1. The second-order valence-electron chi connectivity index (χ2n) is 6.19. The quantitative estimate of drug-likeness (QED) is 0.897. The molecule has 1 atom stereocenters. The second kappa shape index (κ2) is 7.18. The highest BCUT2D eigenvalue weighted by molar-refractivity contribution is 7.16. The van der Waals surface area contributed by atoms with Crippen LogP contribution in [0.5, 0.6) is 5.75 Å². The van der Waals surface area contributed by atoms with Crippen molar-refractivity contribution in [1.82, 2.24) is 0 Å². The Bertz CT molecular complexity index is 896. The highest BCUT2D eigenvalue weighted by Gasteiger charge is 2.35. The fourth-order valence-electron chi connectivity index (χ4n) is 2.96. The average molecular weight is 369 g/mol. The summed E-state index contributed by atoms with van der Waals surface area (Å²) in [5.41, 5.74) is 2.12. The van der Waals surface area contributed by atoms with E-state index in [0.29, 0.717) is 22.9 Å². The summed E-state index contributed by atoms with van der Waals surface area (Å²) in [4.78, 5) is 27.6. The van der Waals surface area contributed by atoms with Gasteiger partial charge in [-0.05, 0) is 43.7 Å². The largest absolute Gasteiger partial charge is 0.497 e. The lowest BCUT2D eigenvalue weighted by molar-refractivity contribution is -0.122. The molecule has 1 N–H and O–H groups in total. The Morgan fingerprint density at radius 3 is 2.65 bits per heavy atom. The van der Waals surface area contributed by atoms with Crippen molar-refractivity contribution in [2.24, 2.45) is 5.92 Å². The van der Waals surface area contributed by atoms with Crippen molar-refractivity contribution >= 4 is 33.8 Å². The zero-order valence-corrected chi connectivity index (χ0v) is 15.6. The summed E-state index contributed by atoms with van der Waals surface area (Å²) in [5, 5.41) is 12.7. The summed E-state index contributed by atoms with van der Waals surface area (Å²) in [6.45, 7) is 4.10. The van der Waals surface area contributed by atoms with Gasteiger partial charge in [-0.2, -0.15) is 5.26 Å². The number of methoxy groups -OCH3 is 1. The molecule has 2 heterocycles. The molecule has 0 aliphatic carbocycles. The van der Waals surface area contributed by atoms with Gasteiger partial charge in [-0.3, -0.25) is 9.59 Å². The molecule has 0 saturated carbocycles. The van der Waals surface area contributed by atoms with E-state index in [2.05, 4.69) is 11.4 Å². The number of carbonyl (C=O) groups excluding carboxylic acids is 2. The van der Waals surface area contributed by atoms with Gasteiger partial charge in [0.15, 0.2) is 0 Å². The smallest absolute Gasteiger partial charge is 0.230 e. The first kappa shape index (κ1) is 18.0. The van der Waals surface area contributed by atoms with Gasteiger partial charge in [0.25, 0.3) is 0 Å². The maximum Gasteiger partial charge on any atom is 0.230 e. The minimum absolute atomic E-state index is 0.0886. The van der Waals surface area contributed by atoms with Crippen molar-refractivity contribution in [3.63, 3.8) is 0 Å². The van der Waals surface area contributed by atoms with Crippen LogP contribution in [0.15, 0.2) is 24.3 Å². The maximum absolute atomic E-state index is 12.6. The summed E-state index contributed by atoms with van der Waals surface area (Å²) in [7, 11) is 1.58. The number of hydrogen-bond donors (Lipinski definition) is 1. The topological polar surface area (TPSA) is 82.4 Å². The van der Waals surface area contributed by atoms with Crippen molar-refractivity contribution in [3.05, 3.63) is 40.3 Å². The van der Waals surface area contributed by atoms with E-state index in [9.17, 15) is 14.9 Å². The third-order valence-electron chi connectivity index (χ3n) is 4.61. The van der Waals surface area contributed by atoms with Crippen LogP contribution in [0.2, 0.25) is 0 Å². The predicted molar refractivity (Wildman–Crippen MR) is 101 cm³/mol. The van der Waals surface area contributed by atoms with Gasteiger partial charge in [-0.1, -0.05) is 0 Å². The molecule has 0 bridgehead atoms. The Kier molecular flexibility index (Phi) is 4.96. The van der Waals surface area contributed by atoms with Crippen molar-refractivity contribution in [1.29, 1.82) is 5.26 Å². The van der Waals surface area contributed by atoms with E-state index in [-0.39, 0.29) is 18.2 Å². The molecule has 6 nitrogen and oxygen atoms in total. The van der Waals surface area contributed by atoms with Gasteiger partial charge in [0, 0.05) is 23.5 Å². The summed E-state index contributed by atoms with van der Waals surface area (Å²) >= 11 is 1.39. The molecule has 2 aromatic rings. The normalized spacial score (nSPS) is 16.5. The number of ether oxygens (including phenoxy) is 1. The zero-order chi connectivity index (χ0) is 18.8. The molecule has 1 saturated heterocycles. The number of nitrogens with zero attached hydrogens (tertiary/aromatic N) is 2. The van der Waals surface area contributed by atoms with Crippen LogP contribution in [0, 0.1) is 31.1 Å². The minimum atomic E-state index is -0.446. The predicted octanol–water partition coefficient (Wildman–Crippen LogP) is 3.24. The molecule has 0 unspecified atom stereocenters. The van der Waals surface area contributed by atoms with E-state index in [4.69, 9.17) is 4.74 Å². The number of thiophene rings is 1. The average Bonchev–Trinajstić information content (AvgIpc) is 3.15. The van der Waals surface area contributed by atoms with Gasteiger partial charge in [0.05, 0.1) is 18.6 Å². The molecule has 7 heteroatoms. The van der Waals surface area contributed by atoms with E-state index in [0.717, 1.165) is 16.1 Å². The zero-order valence-electron chi connectivity index (χ0n) is 14.8. The summed E-state index contributed by atoms with van der Waals surface area (Å²) < 4.78 is 5.13. The lowest BCUT2D eigenvalue weighted by Gasteiger charge is -2.17. The van der Waals surface area contributed by atoms with Crippen LogP contribution in [-0.4, -0.2) is 25.5 Å². The molecule has 1 fully saturated rings. The monoisotopic (exact) mass is 369 g/mol. The van der Waals surface area contributed by atoms with E-state index >= 15 is 0 Å². The number of anilines is 2. The Labute approximate surface area is 156 Å². The molecule has 2 amide bonds. The lowest BCUT2D eigenvalue weighted by Crippen LogP contribution is -2.28. The molecular weight excluding hydrogens is 350 g/mol. The molecular formula is C19H19N3O3S. The molecule has 1 aliphatic heterocycles. The fourth-order valence-corrected chi connectivity index (χ4v) is 3.97. The summed E-state index contributed by atoms with van der Waals surface area (Å²) in [6.07, 6.45) is 0.156. The Balaban J connectivity index is 1.73. The summed E-state index contributed by atoms with van der Waals surface area (Å²) in [5.74, 6) is -0.0533. The Morgan fingerprint density at radius 1 is 1.35 bits per heavy atom. The Hall–Kier alpha value is -2.85. The van der Waals surface area contributed by atoms with E-state index < -0.39 is 5.92 Å². The molecule has 0 spiro atoms. The molecule has 1 aromatic carbocycles. The van der Waals surface area contributed by atoms with Gasteiger partial charge in [0.2, 0.25) is 11.8 Å². The van der Waals surface area contributed by atoms with Crippen molar-refractivity contribution < 1.29 is 14.3 Å². The highest BCUT2D eigenvalue weighted by Crippen LogP contribution is 2.33. The standard InChI is InChI=1S/C19H19N3O3S/c1-11-12(2)26-19(16(11)9-20)21-18(24)13-8-17(23)22(10-13)14-4-6-15(25-3)7-5-14/h4-7,13H,8,10H2,1-3H3,(H,21,24)/t13-/m1/s1. The van der Waals surface area contributed by atoms with Crippen LogP contribution in [-0.2, 0) is 9.59 Å². The third kappa shape index (κ3) is 3.28. The van der Waals surface area contributed by atoms with Gasteiger partial charge < -0.3 is 15.0 Å². The van der Waals surface area contributed by atoms with Crippen LogP contribution in [0.3, 0.4) is 0 Å². The van der Waals surface area contributed by atoms with E-state index in [1.54, 1.807) is 36.3 Å². The fraction of sp³-hybridized carbons (Fsp3) is 0.316. The van der Waals surface area contributed by atoms with E-state index in [1.807, 2.05) is 13.8 Å². The number of rotatable bonds is 4. The molecule has 26 heavy (non-hydrogen) atoms. The van der Waals surface area contributed by atoms with Gasteiger partial charge in [0.1, 0.15) is 16.8 Å². The van der Waals surface area contributed by atoms with E-state index in [1.165, 1.54) is 11.3 Å². The number of amides is 2. The SMILES string of the molecule is COc1ccc(N2C[C@H](C(=O)Nc3sc(C)c(C)c3C#N)CC2=O)cc1. The van der Waals surface area contributed by atoms with Crippen LogP contribution in [0.4, 0.5) is 10.7 Å². The minimum Gasteiger partial charge on any atom is -0.497 e. The van der Waals surface area contributed by atoms with Crippen molar-refractivity contribution in [3.8, 4) is 11.8 Å². The van der Waals surface area contributed by atoms with Crippen molar-refractivity contribution in [2.75, 3.05) is 23.9 Å². The van der Waals surface area contributed by atoms with Crippen LogP contribution in [0.1, 0.15) is 22.4 Å². The molecule has 0 radical (unpaired) electrons. The first-order valence-electron chi connectivity index (χ1n) is 8.20. The summed E-state index contributed by atoms with van der Waals surface area (Å²) in [6, 6.07) is 9.31. The number of hydrogen-bond acceptors (Lipinski definition) is 5. The number of benzene rings is 1. The first-order chi connectivity index (χ1) is 12.4. The number of nitriles is 1. The highest BCUT2D eigenvalue weighted by atomic mass is 32.1. The van der Waals surface area contributed by atoms with Gasteiger partial charge in [-0.25, -0.2) is 0 Å². The maximum atomic E-state index is 12.6. The molecule has 3 rings (SSSR count). The van der Waals surface area contributed by atoms with Crippen molar-refractivity contribution in [2.45, 2.75) is 20.3 Å². The van der Waals surface area contributed by atoms with Crippen LogP contribution in [0.25, 0.3) is 0 Å². The number of aryl methyl sites for hydroxylation is 1. The molecule has 1 aromatic heterocycles.